The van der Waals surface area contributed by atoms with E-state index < -0.39 is 15.9 Å². The number of hydrogen-bond acceptors (Lipinski definition) is 2. The number of carbonyl (C=O) groups excluding carboxylic acids is 1. The molecule has 26 heavy (non-hydrogen) atoms. The van der Waals surface area contributed by atoms with Crippen molar-refractivity contribution in [2.75, 3.05) is 5.32 Å². The summed E-state index contributed by atoms with van der Waals surface area (Å²) in [6.07, 6.45) is -1.10. The number of rotatable bonds is 4. The van der Waals surface area contributed by atoms with Crippen molar-refractivity contribution in [3.63, 3.8) is 0 Å². The number of halogens is 5. The molecule has 0 bridgehead atoms. The first-order valence-corrected chi connectivity index (χ1v) is 9.73. The molecule has 2 rings (SSSR count). The summed E-state index contributed by atoms with van der Waals surface area (Å²) >= 11 is 25.1. The molecule has 0 heterocycles. The fourth-order valence-electron chi connectivity index (χ4n) is 1.85. The fraction of sp³-hybridized carbons (Fsp3) is 0.125. The number of thiocarbonyl (C=S) groups is 1. The lowest BCUT2D eigenvalue weighted by Crippen LogP contribution is -2.56. The van der Waals surface area contributed by atoms with Gasteiger partial charge in [0.15, 0.2) is 5.11 Å². The molecule has 1 atom stereocenters. The van der Waals surface area contributed by atoms with Gasteiger partial charge in [-0.2, -0.15) is 0 Å². The van der Waals surface area contributed by atoms with Crippen LogP contribution in [-0.2, 0) is 0 Å². The predicted octanol–water partition coefficient (Wildman–Crippen LogP) is 4.84. The highest BCUT2D eigenvalue weighted by molar-refractivity contribution is 14.1. The van der Waals surface area contributed by atoms with Crippen molar-refractivity contribution in [2.45, 2.75) is 9.96 Å². The zero-order valence-corrected chi connectivity index (χ0v) is 18.1. The minimum absolute atomic E-state index is 0.0934. The quantitative estimate of drug-likeness (QED) is 0.222. The second-order valence-corrected chi connectivity index (χ2v) is 9.08. The van der Waals surface area contributed by atoms with Crippen molar-refractivity contribution in [1.29, 1.82) is 0 Å². The van der Waals surface area contributed by atoms with E-state index in [2.05, 4.69) is 38.5 Å². The minimum Gasteiger partial charge on any atom is -0.339 e. The summed E-state index contributed by atoms with van der Waals surface area (Å²) in [6.45, 7) is 0. The van der Waals surface area contributed by atoms with Crippen LogP contribution in [0, 0.1) is 9.39 Å². The average molecular weight is 547 g/mol. The van der Waals surface area contributed by atoms with Crippen LogP contribution < -0.4 is 16.0 Å². The average Bonchev–Trinajstić information content (AvgIpc) is 2.56. The number of amides is 1. The summed E-state index contributed by atoms with van der Waals surface area (Å²) in [4.78, 5) is 12.4. The van der Waals surface area contributed by atoms with Crippen molar-refractivity contribution < 1.29 is 9.18 Å². The number of alkyl halides is 3. The van der Waals surface area contributed by atoms with Gasteiger partial charge in [-0.05, 0) is 83.3 Å². The smallest absolute Gasteiger partial charge is 0.252 e. The highest BCUT2D eigenvalue weighted by atomic mass is 127. The van der Waals surface area contributed by atoms with Gasteiger partial charge >= 0.3 is 0 Å². The molecule has 0 radical (unpaired) electrons. The molecule has 4 nitrogen and oxygen atoms in total. The molecule has 0 spiro atoms. The zero-order valence-electron chi connectivity index (χ0n) is 12.9. The maximum Gasteiger partial charge on any atom is 0.252 e. The third-order valence-electron chi connectivity index (χ3n) is 3.09. The maximum atomic E-state index is 12.9. The molecule has 2 aromatic rings. The molecule has 1 amide bonds. The van der Waals surface area contributed by atoms with Crippen LogP contribution in [-0.4, -0.2) is 21.0 Å². The number of hydrogen-bond donors (Lipinski definition) is 3. The van der Waals surface area contributed by atoms with Crippen LogP contribution >= 0.6 is 69.6 Å². The van der Waals surface area contributed by atoms with Crippen LogP contribution in [0.2, 0.25) is 0 Å². The summed E-state index contributed by atoms with van der Waals surface area (Å²) in [7, 11) is 0. The minimum atomic E-state index is -1.87. The molecule has 138 valence electrons. The second kappa shape index (κ2) is 9.36. The van der Waals surface area contributed by atoms with Gasteiger partial charge in [-0.1, -0.05) is 34.8 Å². The van der Waals surface area contributed by atoms with E-state index in [1.165, 1.54) is 24.3 Å². The van der Waals surface area contributed by atoms with Gasteiger partial charge in [0, 0.05) is 14.8 Å². The molecule has 0 fully saturated rings. The fourth-order valence-corrected chi connectivity index (χ4v) is 2.77. The van der Waals surface area contributed by atoms with Crippen molar-refractivity contribution >= 4 is 86.3 Å². The Balaban J connectivity index is 2.04. The summed E-state index contributed by atoms with van der Waals surface area (Å²) in [6, 6.07) is 12.4. The molecular weight excluding hydrogens is 535 g/mol. The Hall–Kier alpha value is -0.870. The highest BCUT2D eigenvalue weighted by Gasteiger charge is 2.34. The highest BCUT2D eigenvalue weighted by Crippen LogP contribution is 2.29. The molecule has 0 saturated carbocycles. The Morgan fingerprint density at radius 2 is 1.62 bits per heavy atom. The molecule has 10 heteroatoms. The number of anilines is 1. The molecule has 0 saturated heterocycles. The number of benzene rings is 2. The topological polar surface area (TPSA) is 53.2 Å². The second-order valence-electron chi connectivity index (χ2n) is 5.06. The standard InChI is InChI=1S/C16H12Cl3FIN3OS/c17-16(18,19)14(23-13(25)9-1-5-11(21)6-2-9)24-15(26)22-12-7-3-10(20)4-8-12/h1-8,14H,(H,23,25)(H2,22,24,26)/t14-/m0/s1. The van der Waals surface area contributed by atoms with Crippen molar-refractivity contribution in [1.82, 2.24) is 10.6 Å². The van der Waals surface area contributed by atoms with Crippen molar-refractivity contribution in [3.8, 4) is 0 Å². The van der Waals surface area contributed by atoms with E-state index in [9.17, 15) is 9.18 Å². The van der Waals surface area contributed by atoms with Crippen LogP contribution in [0.1, 0.15) is 10.4 Å². The maximum absolute atomic E-state index is 12.9. The number of carbonyl (C=O) groups is 1. The van der Waals surface area contributed by atoms with E-state index >= 15 is 0 Å². The van der Waals surface area contributed by atoms with E-state index in [0.717, 1.165) is 3.57 Å². The lowest BCUT2D eigenvalue weighted by molar-refractivity contribution is 0.0934. The van der Waals surface area contributed by atoms with Crippen molar-refractivity contribution in [2.24, 2.45) is 0 Å². The summed E-state index contributed by atoms with van der Waals surface area (Å²) in [5.74, 6) is -0.812. The lowest BCUT2D eigenvalue weighted by atomic mass is 10.2. The Morgan fingerprint density at radius 1 is 1.04 bits per heavy atom. The predicted molar refractivity (Wildman–Crippen MR) is 116 cm³/mol. The Bertz CT molecular complexity index is 785. The van der Waals surface area contributed by atoms with Gasteiger partial charge in [0.05, 0.1) is 0 Å². The summed E-state index contributed by atoms with van der Waals surface area (Å²) in [5.41, 5.74) is 0.944. The first kappa shape index (κ1) is 21.4. The molecule has 0 aliphatic carbocycles. The van der Waals surface area contributed by atoms with Gasteiger partial charge in [-0.25, -0.2) is 4.39 Å². The third kappa shape index (κ3) is 6.70. The summed E-state index contributed by atoms with van der Waals surface area (Å²) < 4.78 is 12.1. The van der Waals surface area contributed by atoms with Crippen LogP contribution in [0.5, 0.6) is 0 Å². The molecule has 0 unspecified atom stereocenters. The van der Waals surface area contributed by atoms with Crippen LogP contribution in [0.4, 0.5) is 10.1 Å². The van der Waals surface area contributed by atoms with E-state index in [0.29, 0.717) is 11.3 Å². The van der Waals surface area contributed by atoms with Crippen LogP contribution in [0.25, 0.3) is 0 Å². The third-order valence-corrected chi connectivity index (χ3v) is 4.68. The van der Waals surface area contributed by atoms with Crippen LogP contribution in [0.15, 0.2) is 48.5 Å². The molecular formula is C16H12Cl3FIN3OS. The van der Waals surface area contributed by atoms with Crippen LogP contribution in [0.3, 0.4) is 0 Å². The number of nitrogens with one attached hydrogen (secondary N) is 3. The lowest BCUT2D eigenvalue weighted by Gasteiger charge is -2.27. The van der Waals surface area contributed by atoms with Gasteiger partial charge in [0.2, 0.25) is 3.79 Å². The van der Waals surface area contributed by atoms with Gasteiger partial charge in [-0.15, -0.1) is 0 Å². The first-order valence-electron chi connectivity index (χ1n) is 7.11. The van der Waals surface area contributed by atoms with E-state index in [1.807, 2.05) is 0 Å². The SMILES string of the molecule is O=C(N[C@@H](NC(=S)Nc1ccc(F)cc1)C(Cl)(Cl)Cl)c1ccc(I)cc1. The largest absolute Gasteiger partial charge is 0.339 e. The Kier molecular flexibility index (Phi) is 7.72. The first-order chi connectivity index (χ1) is 12.1. The van der Waals surface area contributed by atoms with E-state index in [4.69, 9.17) is 47.0 Å². The van der Waals surface area contributed by atoms with Gasteiger partial charge < -0.3 is 16.0 Å². The van der Waals surface area contributed by atoms with Crippen molar-refractivity contribution in [3.05, 3.63) is 63.5 Å². The van der Waals surface area contributed by atoms with E-state index in [-0.39, 0.29) is 10.9 Å². The normalized spacial score (nSPS) is 12.2. The molecule has 3 N–H and O–H groups in total. The monoisotopic (exact) mass is 545 g/mol. The van der Waals surface area contributed by atoms with Gasteiger partial charge in [0.1, 0.15) is 12.0 Å². The molecule has 2 aromatic carbocycles. The summed E-state index contributed by atoms with van der Waals surface area (Å²) in [5, 5.41) is 8.22. The Labute approximate surface area is 183 Å². The zero-order chi connectivity index (χ0) is 19.3. The van der Waals surface area contributed by atoms with E-state index in [1.54, 1.807) is 24.3 Å². The molecule has 0 aliphatic heterocycles. The molecule has 0 aromatic heterocycles. The Morgan fingerprint density at radius 3 is 2.15 bits per heavy atom. The van der Waals surface area contributed by atoms with Gasteiger partial charge in [-0.3, -0.25) is 4.79 Å². The molecule has 0 aliphatic rings. The van der Waals surface area contributed by atoms with Gasteiger partial charge in [0.25, 0.3) is 5.91 Å².